The van der Waals surface area contributed by atoms with Gasteiger partial charge >= 0.3 is 0 Å². The molecule has 2 aliphatic heterocycles. The largest absolute Gasteiger partial charge is 0.337 e. The Hall–Kier alpha value is -2.50. The number of likely N-dealkylation sites (tertiary alicyclic amines) is 2. The van der Waals surface area contributed by atoms with E-state index >= 15 is 0 Å². The molecule has 0 bridgehead atoms. The molecule has 2 saturated heterocycles. The smallest absolute Gasteiger partial charge is 0.273 e. The van der Waals surface area contributed by atoms with Gasteiger partial charge in [0.15, 0.2) is 0 Å². The van der Waals surface area contributed by atoms with E-state index in [4.69, 9.17) is 0 Å². The lowest BCUT2D eigenvalue weighted by Gasteiger charge is -2.26. The summed E-state index contributed by atoms with van der Waals surface area (Å²) < 4.78 is 0. The van der Waals surface area contributed by atoms with E-state index in [1.165, 1.54) is 22.5 Å². The Kier molecular flexibility index (Phi) is 5.17. The van der Waals surface area contributed by atoms with Crippen LogP contribution in [-0.4, -0.2) is 53.4 Å². The van der Waals surface area contributed by atoms with Crippen molar-refractivity contribution in [2.45, 2.75) is 5.92 Å². The fourth-order valence-electron chi connectivity index (χ4n) is 4.92. The van der Waals surface area contributed by atoms with Crippen LogP contribution in [-0.2, 0) is 0 Å². The number of carbonyl (C=O) groups excluding carboxylic acids is 1. The minimum absolute atomic E-state index is 0.0960. The highest BCUT2D eigenvalue weighted by molar-refractivity contribution is 7.07. The van der Waals surface area contributed by atoms with Crippen molar-refractivity contribution >= 4 is 17.2 Å². The zero-order chi connectivity index (χ0) is 19.6. The van der Waals surface area contributed by atoms with Gasteiger partial charge < -0.3 is 9.80 Å². The number of amides is 1. The van der Waals surface area contributed by atoms with Crippen LogP contribution in [0.4, 0.5) is 0 Å². The number of benzene rings is 2. The molecule has 2 aromatic carbocycles. The number of rotatable bonds is 5. The summed E-state index contributed by atoms with van der Waals surface area (Å²) >= 11 is 1.48. The van der Waals surface area contributed by atoms with E-state index in [2.05, 4.69) is 70.5 Å². The molecule has 2 aliphatic rings. The van der Waals surface area contributed by atoms with Gasteiger partial charge in [-0.1, -0.05) is 60.7 Å². The summed E-state index contributed by atoms with van der Waals surface area (Å²) in [4.78, 5) is 21.4. The lowest BCUT2D eigenvalue weighted by Crippen LogP contribution is -2.34. The Morgan fingerprint density at radius 2 is 1.52 bits per heavy atom. The molecule has 5 rings (SSSR count). The van der Waals surface area contributed by atoms with E-state index < -0.39 is 0 Å². The van der Waals surface area contributed by atoms with Crippen molar-refractivity contribution in [3.63, 3.8) is 0 Å². The van der Waals surface area contributed by atoms with Crippen molar-refractivity contribution in [3.8, 4) is 0 Å². The molecule has 0 spiro atoms. The third kappa shape index (κ3) is 3.85. The van der Waals surface area contributed by atoms with Gasteiger partial charge in [0.1, 0.15) is 5.69 Å². The molecule has 3 heterocycles. The van der Waals surface area contributed by atoms with E-state index in [9.17, 15) is 4.79 Å². The predicted octanol–water partition coefficient (Wildman–Crippen LogP) is 3.98. The molecule has 1 amide bonds. The second kappa shape index (κ2) is 8.09. The number of aromatic nitrogens is 1. The average molecular weight is 404 g/mol. The van der Waals surface area contributed by atoms with Crippen LogP contribution in [0.2, 0.25) is 0 Å². The molecule has 3 aromatic rings. The highest BCUT2D eigenvalue weighted by Gasteiger charge is 2.42. The third-order valence-corrected chi connectivity index (χ3v) is 6.93. The summed E-state index contributed by atoms with van der Waals surface area (Å²) in [6.07, 6.45) is 0. The topological polar surface area (TPSA) is 36.4 Å². The van der Waals surface area contributed by atoms with Gasteiger partial charge in [0.2, 0.25) is 0 Å². The Morgan fingerprint density at radius 3 is 2.03 bits per heavy atom. The highest BCUT2D eigenvalue weighted by Crippen LogP contribution is 2.34. The van der Waals surface area contributed by atoms with Crippen molar-refractivity contribution in [1.29, 1.82) is 0 Å². The van der Waals surface area contributed by atoms with Crippen molar-refractivity contribution in [2.24, 2.45) is 11.8 Å². The Labute approximate surface area is 175 Å². The highest BCUT2D eigenvalue weighted by atomic mass is 32.1. The quantitative estimate of drug-likeness (QED) is 0.647. The first-order valence-electron chi connectivity index (χ1n) is 10.3. The molecule has 148 valence electrons. The van der Waals surface area contributed by atoms with Crippen LogP contribution in [0, 0.1) is 11.8 Å². The summed E-state index contributed by atoms with van der Waals surface area (Å²) in [5.41, 5.74) is 5.08. The molecule has 0 saturated carbocycles. The van der Waals surface area contributed by atoms with Crippen molar-refractivity contribution in [1.82, 2.24) is 14.8 Å². The molecule has 29 heavy (non-hydrogen) atoms. The number of carbonyl (C=O) groups is 1. The maximum absolute atomic E-state index is 12.6. The summed E-state index contributed by atoms with van der Waals surface area (Å²) in [7, 11) is 0. The number of fused-ring (bicyclic) bond motifs is 1. The number of hydrogen-bond acceptors (Lipinski definition) is 4. The maximum Gasteiger partial charge on any atom is 0.273 e. The average Bonchev–Trinajstić information content (AvgIpc) is 3.49. The van der Waals surface area contributed by atoms with Gasteiger partial charge in [0, 0.05) is 44.0 Å². The first-order valence-corrected chi connectivity index (χ1v) is 11.2. The van der Waals surface area contributed by atoms with Crippen molar-refractivity contribution in [3.05, 3.63) is 88.4 Å². The fourth-order valence-corrected chi connectivity index (χ4v) is 5.44. The monoisotopic (exact) mass is 403 g/mol. The predicted molar refractivity (Wildman–Crippen MR) is 116 cm³/mol. The number of thiazole rings is 1. The molecule has 2 fully saturated rings. The van der Waals surface area contributed by atoms with Crippen LogP contribution in [0.1, 0.15) is 27.5 Å². The minimum atomic E-state index is 0.0960. The van der Waals surface area contributed by atoms with Gasteiger partial charge in [0.05, 0.1) is 5.51 Å². The SMILES string of the molecule is O=C(c1cscn1)N1C[C@H]2CN(CC(c3ccccc3)c3ccccc3)C[C@@H]2C1. The summed E-state index contributed by atoms with van der Waals surface area (Å²) in [5, 5.41) is 1.85. The normalized spacial score (nSPS) is 21.6. The van der Waals surface area contributed by atoms with Gasteiger partial charge in [-0.15, -0.1) is 11.3 Å². The van der Waals surface area contributed by atoms with Gasteiger partial charge in [-0.05, 0) is 23.0 Å². The van der Waals surface area contributed by atoms with Gasteiger partial charge in [-0.25, -0.2) is 4.98 Å². The van der Waals surface area contributed by atoms with E-state index in [1.807, 2.05) is 10.3 Å². The Bertz CT molecular complexity index is 891. The maximum atomic E-state index is 12.6. The van der Waals surface area contributed by atoms with Gasteiger partial charge in [-0.3, -0.25) is 4.79 Å². The summed E-state index contributed by atoms with van der Waals surface area (Å²) in [6.45, 7) is 4.89. The van der Waals surface area contributed by atoms with Crippen LogP contribution >= 0.6 is 11.3 Å². The number of nitrogens with zero attached hydrogens (tertiary/aromatic N) is 3. The van der Waals surface area contributed by atoms with Crippen molar-refractivity contribution < 1.29 is 4.79 Å². The molecule has 0 unspecified atom stereocenters. The molecular formula is C24H25N3OS. The molecule has 4 nitrogen and oxygen atoms in total. The molecule has 5 heteroatoms. The zero-order valence-corrected chi connectivity index (χ0v) is 17.2. The van der Waals surface area contributed by atoms with Crippen LogP contribution in [0.5, 0.6) is 0 Å². The lowest BCUT2D eigenvalue weighted by molar-refractivity contribution is 0.0769. The molecular weight excluding hydrogens is 378 g/mol. The van der Waals surface area contributed by atoms with Gasteiger partial charge in [-0.2, -0.15) is 0 Å². The molecule has 1 aromatic heterocycles. The molecule has 0 aliphatic carbocycles. The fraction of sp³-hybridized carbons (Fsp3) is 0.333. The third-order valence-electron chi connectivity index (χ3n) is 6.35. The number of hydrogen-bond donors (Lipinski definition) is 0. The molecule has 2 atom stereocenters. The van der Waals surface area contributed by atoms with Crippen LogP contribution in [0.3, 0.4) is 0 Å². The standard InChI is InChI=1S/C24H25N3OS/c28-24(23-16-29-17-25-23)27-13-20-11-26(12-21(20)14-27)15-22(18-7-3-1-4-8-18)19-9-5-2-6-10-19/h1-10,16-17,20-22H,11-15H2/t20-,21-/m1/s1. The van der Waals surface area contributed by atoms with E-state index in [-0.39, 0.29) is 5.91 Å². The Morgan fingerprint density at radius 1 is 0.931 bits per heavy atom. The van der Waals surface area contributed by atoms with Crippen LogP contribution < -0.4 is 0 Å². The lowest BCUT2D eigenvalue weighted by atomic mass is 9.91. The van der Waals surface area contributed by atoms with Crippen LogP contribution in [0.25, 0.3) is 0 Å². The first-order chi connectivity index (χ1) is 14.3. The van der Waals surface area contributed by atoms with E-state index in [1.54, 1.807) is 5.51 Å². The second-order valence-corrected chi connectivity index (χ2v) is 8.92. The zero-order valence-electron chi connectivity index (χ0n) is 16.4. The van der Waals surface area contributed by atoms with E-state index in [0.717, 1.165) is 32.7 Å². The minimum Gasteiger partial charge on any atom is -0.337 e. The summed E-state index contributed by atoms with van der Waals surface area (Å²) in [5.74, 6) is 1.62. The van der Waals surface area contributed by atoms with Gasteiger partial charge in [0.25, 0.3) is 5.91 Å². The molecule has 0 N–H and O–H groups in total. The Balaban J connectivity index is 1.27. The summed E-state index contributed by atoms with van der Waals surface area (Å²) in [6, 6.07) is 21.6. The molecule has 0 radical (unpaired) electrons. The van der Waals surface area contributed by atoms with E-state index in [0.29, 0.717) is 23.4 Å². The van der Waals surface area contributed by atoms with Crippen molar-refractivity contribution in [2.75, 3.05) is 32.7 Å². The first kappa shape index (κ1) is 18.5. The van der Waals surface area contributed by atoms with Crippen LogP contribution in [0.15, 0.2) is 71.6 Å². The second-order valence-electron chi connectivity index (χ2n) is 8.20.